The number of carbonyl (C=O) groups is 1. The number of aromatic nitrogens is 3. The standard InChI is InChI=1S/C20H22F2N6O2/c1-19(2,30)16(12-6-4-3-5-7-12)25-18(29)24-15-8-14-13(9-23-15)17(27-26-14)28-10-20(21,22)11-28/h3-9,16,30H,10-11H2,1-2H3,(H,26,27)(H2,23,24,25,29)/t16-/m0/s1. The number of benzene rings is 1. The number of nitrogens with one attached hydrogen (secondary N) is 3. The Labute approximate surface area is 171 Å². The molecule has 30 heavy (non-hydrogen) atoms. The number of carbonyl (C=O) groups excluding carboxylic acids is 1. The van der Waals surface area contributed by atoms with Gasteiger partial charge in [0.2, 0.25) is 0 Å². The molecule has 10 heteroatoms. The first-order valence-corrected chi connectivity index (χ1v) is 9.44. The molecular weight excluding hydrogens is 394 g/mol. The van der Waals surface area contributed by atoms with Crippen molar-refractivity contribution in [3.8, 4) is 0 Å². The van der Waals surface area contributed by atoms with Crippen LogP contribution in [0, 0.1) is 0 Å². The molecule has 1 aliphatic heterocycles. The number of rotatable bonds is 5. The molecular formula is C20H22F2N6O2. The van der Waals surface area contributed by atoms with Crippen molar-refractivity contribution >= 4 is 28.6 Å². The molecule has 158 valence electrons. The number of alkyl halides is 2. The van der Waals surface area contributed by atoms with Crippen LogP contribution in [0.3, 0.4) is 0 Å². The molecule has 1 atom stereocenters. The molecule has 8 nitrogen and oxygen atoms in total. The number of H-pyrrole nitrogens is 1. The Kier molecular flexibility index (Phi) is 4.81. The van der Waals surface area contributed by atoms with Gasteiger partial charge in [0.1, 0.15) is 5.82 Å². The van der Waals surface area contributed by atoms with E-state index in [0.717, 1.165) is 5.56 Å². The molecule has 0 saturated carbocycles. The molecule has 2 aromatic heterocycles. The van der Waals surface area contributed by atoms with Crippen LogP contribution in [0.5, 0.6) is 0 Å². The summed E-state index contributed by atoms with van der Waals surface area (Å²) in [6, 6.07) is 9.53. The van der Waals surface area contributed by atoms with E-state index in [-0.39, 0.29) is 18.9 Å². The second-order valence-corrected chi connectivity index (χ2v) is 7.97. The normalized spacial score (nSPS) is 16.8. The van der Waals surface area contributed by atoms with E-state index in [4.69, 9.17) is 0 Å². The third-order valence-corrected chi connectivity index (χ3v) is 4.93. The minimum absolute atomic E-state index is 0.256. The molecule has 1 aliphatic rings. The summed E-state index contributed by atoms with van der Waals surface area (Å²) in [5.74, 6) is -2.04. The first-order valence-electron chi connectivity index (χ1n) is 9.44. The number of aliphatic hydroxyl groups is 1. The van der Waals surface area contributed by atoms with E-state index >= 15 is 0 Å². The highest BCUT2D eigenvalue weighted by molar-refractivity contribution is 5.94. The maximum absolute atomic E-state index is 13.1. The minimum atomic E-state index is -2.70. The average Bonchev–Trinajstić information content (AvgIpc) is 3.07. The van der Waals surface area contributed by atoms with Gasteiger partial charge in [-0.25, -0.2) is 18.6 Å². The third kappa shape index (κ3) is 4.04. The monoisotopic (exact) mass is 416 g/mol. The summed E-state index contributed by atoms with van der Waals surface area (Å²) in [5.41, 5.74) is 0.119. The number of amides is 2. The van der Waals surface area contributed by atoms with Gasteiger partial charge >= 0.3 is 6.03 Å². The second kappa shape index (κ2) is 7.21. The number of halogens is 2. The van der Waals surface area contributed by atoms with Crippen molar-refractivity contribution in [2.24, 2.45) is 0 Å². The summed E-state index contributed by atoms with van der Waals surface area (Å²) in [7, 11) is 0. The molecule has 1 fully saturated rings. The summed E-state index contributed by atoms with van der Waals surface area (Å²) in [5, 5.41) is 23.3. The van der Waals surface area contributed by atoms with Crippen LogP contribution in [0.15, 0.2) is 42.6 Å². The fourth-order valence-corrected chi connectivity index (χ4v) is 3.47. The third-order valence-electron chi connectivity index (χ3n) is 4.93. The lowest BCUT2D eigenvalue weighted by atomic mass is 9.92. The van der Waals surface area contributed by atoms with Gasteiger partial charge in [0, 0.05) is 12.3 Å². The van der Waals surface area contributed by atoms with E-state index in [1.54, 1.807) is 19.9 Å². The highest BCUT2D eigenvalue weighted by Crippen LogP contribution is 2.34. The van der Waals surface area contributed by atoms with Gasteiger partial charge in [0.25, 0.3) is 5.92 Å². The van der Waals surface area contributed by atoms with Crippen molar-refractivity contribution in [1.29, 1.82) is 0 Å². The molecule has 1 saturated heterocycles. The zero-order chi connectivity index (χ0) is 21.5. The van der Waals surface area contributed by atoms with Crippen LogP contribution in [-0.4, -0.2) is 50.9 Å². The van der Waals surface area contributed by atoms with Crippen molar-refractivity contribution in [3.63, 3.8) is 0 Å². The zero-order valence-corrected chi connectivity index (χ0v) is 16.5. The van der Waals surface area contributed by atoms with Gasteiger partial charge in [-0.15, -0.1) is 0 Å². The number of anilines is 2. The number of hydrogen-bond donors (Lipinski definition) is 4. The Balaban J connectivity index is 1.48. The van der Waals surface area contributed by atoms with Crippen LogP contribution in [-0.2, 0) is 0 Å². The first-order chi connectivity index (χ1) is 14.1. The van der Waals surface area contributed by atoms with Crippen LogP contribution in [0.4, 0.5) is 25.2 Å². The molecule has 1 aromatic carbocycles. The van der Waals surface area contributed by atoms with Crippen LogP contribution in [0.1, 0.15) is 25.5 Å². The zero-order valence-electron chi connectivity index (χ0n) is 16.5. The summed E-state index contributed by atoms with van der Waals surface area (Å²) in [4.78, 5) is 18.2. The number of nitrogens with zero attached hydrogens (tertiary/aromatic N) is 3. The van der Waals surface area contributed by atoms with Crippen LogP contribution < -0.4 is 15.5 Å². The van der Waals surface area contributed by atoms with E-state index in [2.05, 4.69) is 25.8 Å². The predicted octanol–water partition coefficient (Wildman–Crippen LogP) is 3.05. The fourth-order valence-electron chi connectivity index (χ4n) is 3.47. The molecule has 0 unspecified atom stereocenters. The number of pyridine rings is 1. The molecule has 0 bridgehead atoms. The first kappa shape index (κ1) is 20.0. The Morgan fingerprint density at radius 3 is 2.63 bits per heavy atom. The van der Waals surface area contributed by atoms with Crippen molar-refractivity contribution in [3.05, 3.63) is 48.2 Å². The SMILES string of the molecule is CC(C)(O)[C@@H](NC(=O)Nc1cc2[nH]nc(N3CC(F)(F)C3)c2cn1)c1ccccc1. The smallest absolute Gasteiger partial charge is 0.320 e. The molecule has 3 heterocycles. The van der Waals surface area contributed by atoms with Crippen LogP contribution in [0.25, 0.3) is 10.9 Å². The summed E-state index contributed by atoms with van der Waals surface area (Å²) in [6.07, 6.45) is 1.48. The van der Waals surface area contributed by atoms with E-state index in [1.165, 1.54) is 11.1 Å². The van der Waals surface area contributed by atoms with Crippen LogP contribution >= 0.6 is 0 Å². The van der Waals surface area contributed by atoms with Crippen molar-refractivity contribution < 1.29 is 18.7 Å². The Bertz CT molecular complexity index is 1060. The fraction of sp³-hybridized carbons (Fsp3) is 0.350. The lowest BCUT2D eigenvalue weighted by Gasteiger charge is -2.38. The van der Waals surface area contributed by atoms with Gasteiger partial charge in [-0.1, -0.05) is 30.3 Å². The Morgan fingerprint density at radius 2 is 2.00 bits per heavy atom. The van der Waals surface area contributed by atoms with E-state index < -0.39 is 23.6 Å². The van der Waals surface area contributed by atoms with Crippen LogP contribution in [0.2, 0.25) is 0 Å². The Morgan fingerprint density at radius 1 is 1.30 bits per heavy atom. The maximum atomic E-state index is 13.1. The lowest BCUT2D eigenvalue weighted by molar-refractivity contribution is -0.0265. The molecule has 4 rings (SSSR count). The summed E-state index contributed by atoms with van der Waals surface area (Å²) < 4.78 is 26.3. The quantitative estimate of drug-likeness (QED) is 0.512. The van der Waals surface area contributed by atoms with Crippen molar-refractivity contribution in [2.45, 2.75) is 31.4 Å². The largest absolute Gasteiger partial charge is 0.388 e. The van der Waals surface area contributed by atoms with Gasteiger partial charge in [-0.2, -0.15) is 5.10 Å². The van der Waals surface area contributed by atoms with Gasteiger partial charge in [-0.3, -0.25) is 10.4 Å². The molecule has 4 N–H and O–H groups in total. The van der Waals surface area contributed by atoms with Gasteiger partial charge < -0.3 is 15.3 Å². The van der Waals surface area contributed by atoms with E-state index in [1.807, 2.05) is 30.3 Å². The average molecular weight is 416 g/mol. The number of hydrogen-bond acceptors (Lipinski definition) is 5. The Hall–Kier alpha value is -3.27. The van der Waals surface area contributed by atoms with Gasteiger partial charge in [0.15, 0.2) is 5.82 Å². The number of aromatic amines is 1. The number of urea groups is 1. The highest BCUT2D eigenvalue weighted by Gasteiger charge is 2.45. The molecule has 0 spiro atoms. The summed E-state index contributed by atoms with van der Waals surface area (Å²) >= 11 is 0. The van der Waals surface area contributed by atoms with Gasteiger partial charge in [-0.05, 0) is 19.4 Å². The lowest BCUT2D eigenvalue weighted by Crippen LogP contribution is -2.56. The molecule has 3 aromatic rings. The maximum Gasteiger partial charge on any atom is 0.320 e. The van der Waals surface area contributed by atoms with Crippen molar-refractivity contribution in [2.75, 3.05) is 23.3 Å². The number of fused-ring (bicyclic) bond motifs is 1. The molecule has 0 aliphatic carbocycles. The summed E-state index contributed by atoms with van der Waals surface area (Å²) in [6.45, 7) is 2.46. The van der Waals surface area contributed by atoms with Gasteiger partial charge in [0.05, 0.1) is 35.6 Å². The van der Waals surface area contributed by atoms with Crippen molar-refractivity contribution in [1.82, 2.24) is 20.5 Å². The molecule has 0 radical (unpaired) electrons. The predicted molar refractivity (Wildman–Crippen MR) is 109 cm³/mol. The second-order valence-electron chi connectivity index (χ2n) is 7.97. The van der Waals surface area contributed by atoms with E-state index in [9.17, 15) is 18.7 Å². The van der Waals surface area contributed by atoms with E-state index in [0.29, 0.717) is 16.7 Å². The minimum Gasteiger partial charge on any atom is -0.388 e. The topological polar surface area (TPSA) is 106 Å². The molecule has 2 amide bonds. The highest BCUT2D eigenvalue weighted by atomic mass is 19.3.